The first-order valence-corrected chi connectivity index (χ1v) is 4.90. The Morgan fingerprint density at radius 2 is 2.29 bits per heavy atom. The Hall–Kier alpha value is -1.29. The van der Waals surface area contributed by atoms with Gasteiger partial charge in [-0.25, -0.2) is 4.98 Å². The van der Waals surface area contributed by atoms with Gasteiger partial charge in [-0.15, -0.1) is 0 Å². The number of hydrogen-bond donors (Lipinski definition) is 0. The van der Waals surface area contributed by atoms with Crippen LogP contribution in [0.25, 0.3) is 0 Å². The van der Waals surface area contributed by atoms with Crippen molar-refractivity contribution in [3.8, 4) is 5.88 Å². The van der Waals surface area contributed by atoms with E-state index in [1.165, 1.54) is 0 Å². The maximum atomic E-state index is 5.38. The molecule has 0 aliphatic carbocycles. The summed E-state index contributed by atoms with van der Waals surface area (Å²) in [5.74, 6) is 1.37. The molecule has 0 saturated carbocycles. The van der Waals surface area contributed by atoms with Crippen LogP contribution >= 0.6 is 15.9 Å². The molecule has 14 heavy (non-hydrogen) atoms. The molecule has 0 amide bonds. The summed E-state index contributed by atoms with van der Waals surface area (Å²) in [4.78, 5) is 4.07. The average Bonchev–Trinajstić information content (AvgIpc) is 2.70. The van der Waals surface area contributed by atoms with Crippen LogP contribution in [0.1, 0.15) is 5.76 Å². The van der Waals surface area contributed by atoms with E-state index >= 15 is 0 Å². The number of ether oxygens (including phenoxy) is 1. The highest BCUT2D eigenvalue weighted by Crippen LogP contribution is 2.13. The third-order valence-electron chi connectivity index (χ3n) is 1.64. The third-order valence-corrected chi connectivity index (χ3v) is 2.11. The van der Waals surface area contributed by atoms with Gasteiger partial charge in [0.1, 0.15) is 12.4 Å². The van der Waals surface area contributed by atoms with Crippen molar-refractivity contribution in [2.24, 2.45) is 0 Å². The van der Waals surface area contributed by atoms with Gasteiger partial charge >= 0.3 is 0 Å². The summed E-state index contributed by atoms with van der Waals surface area (Å²) in [6.07, 6.45) is 3.31. The van der Waals surface area contributed by atoms with Gasteiger partial charge in [0.25, 0.3) is 0 Å². The standard InChI is InChI=1S/C10H8BrNO2/c11-8-3-4-10(12-6-8)14-7-9-2-1-5-13-9/h1-6H,7H2. The maximum Gasteiger partial charge on any atom is 0.213 e. The summed E-state index contributed by atoms with van der Waals surface area (Å²) in [6, 6.07) is 7.37. The van der Waals surface area contributed by atoms with E-state index < -0.39 is 0 Å². The van der Waals surface area contributed by atoms with Gasteiger partial charge in [0.15, 0.2) is 0 Å². The molecule has 2 aromatic heterocycles. The van der Waals surface area contributed by atoms with E-state index in [4.69, 9.17) is 9.15 Å². The SMILES string of the molecule is Brc1ccc(OCc2ccco2)nc1. The fourth-order valence-corrected chi connectivity index (χ4v) is 1.22. The largest absolute Gasteiger partial charge is 0.469 e. The Labute approximate surface area is 89.8 Å². The lowest BCUT2D eigenvalue weighted by molar-refractivity contribution is 0.260. The molecule has 0 atom stereocenters. The van der Waals surface area contributed by atoms with Crippen LogP contribution in [0.15, 0.2) is 45.6 Å². The van der Waals surface area contributed by atoms with Crippen molar-refractivity contribution < 1.29 is 9.15 Å². The van der Waals surface area contributed by atoms with E-state index in [1.807, 2.05) is 18.2 Å². The number of rotatable bonds is 3. The number of pyridine rings is 1. The second-order valence-electron chi connectivity index (χ2n) is 2.68. The Morgan fingerprint density at radius 1 is 1.36 bits per heavy atom. The monoisotopic (exact) mass is 253 g/mol. The zero-order chi connectivity index (χ0) is 9.80. The van der Waals surface area contributed by atoms with Gasteiger partial charge in [0.05, 0.1) is 6.26 Å². The number of aromatic nitrogens is 1. The molecule has 0 unspecified atom stereocenters. The topological polar surface area (TPSA) is 35.3 Å². The van der Waals surface area contributed by atoms with E-state index in [2.05, 4.69) is 20.9 Å². The van der Waals surface area contributed by atoms with E-state index in [9.17, 15) is 0 Å². The van der Waals surface area contributed by atoms with Crippen molar-refractivity contribution >= 4 is 15.9 Å². The fraction of sp³-hybridized carbons (Fsp3) is 0.100. The lowest BCUT2D eigenvalue weighted by Crippen LogP contribution is -1.95. The second kappa shape index (κ2) is 4.28. The number of halogens is 1. The summed E-state index contributed by atoms with van der Waals surface area (Å²) in [5, 5.41) is 0. The Morgan fingerprint density at radius 3 is 2.93 bits per heavy atom. The predicted molar refractivity (Wildman–Crippen MR) is 55.0 cm³/mol. The highest BCUT2D eigenvalue weighted by Gasteiger charge is 1.98. The quantitative estimate of drug-likeness (QED) is 0.844. The zero-order valence-corrected chi connectivity index (χ0v) is 8.90. The lowest BCUT2D eigenvalue weighted by Gasteiger charge is -2.01. The van der Waals surface area contributed by atoms with Gasteiger partial charge in [-0.05, 0) is 34.1 Å². The van der Waals surface area contributed by atoms with Crippen LogP contribution in [0.5, 0.6) is 5.88 Å². The normalized spacial score (nSPS) is 10.1. The van der Waals surface area contributed by atoms with E-state index in [-0.39, 0.29) is 0 Å². The molecule has 0 radical (unpaired) electrons. The Kier molecular flexibility index (Phi) is 2.84. The molecule has 0 aromatic carbocycles. The first kappa shape index (κ1) is 9.27. The van der Waals surface area contributed by atoms with Crippen LogP contribution in [0.2, 0.25) is 0 Å². The summed E-state index contributed by atoms with van der Waals surface area (Å²) in [7, 11) is 0. The third kappa shape index (κ3) is 2.35. The van der Waals surface area contributed by atoms with Gasteiger partial charge in [-0.1, -0.05) is 0 Å². The Balaban J connectivity index is 1.95. The van der Waals surface area contributed by atoms with Crippen molar-refractivity contribution in [3.05, 3.63) is 47.0 Å². The molecule has 72 valence electrons. The van der Waals surface area contributed by atoms with Crippen molar-refractivity contribution in [1.82, 2.24) is 4.98 Å². The van der Waals surface area contributed by atoms with Crippen LogP contribution in [-0.4, -0.2) is 4.98 Å². The minimum atomic E-state index is 0.404. The molecular weight excluding hydrogens is 246 g/mol. The molecule has 0 aliphatic heterocycles. The highest BCUT2D eigenvalue weighted by molar-refractivity contribution is 9.10. The zero-order valence-electron chi connectivity index (χ0n) is 7.31. The summed E-state index contributed by atoms with van der Waals surface area (Å²) in [5.41, 5.74) is 0. The molecule has 0 spiro atoms. The molecule has 2 aromatic rings. The molecule has 0 bridgehead atoms. The summed E-state index contributed by atoms with van der Waals surface area (Å²) < 4.78 is 11.4. The summed E-state index contributed by atoms with van der Waals surface area (Å²) in [6.45, 7) is 0.404. The van der Waals surface area contributed by atoms with Crippen molar-refractivity contribution in [3.63, 3.8) is 0 Å². The van der Waals surface area contributed by atoms with Crippen LogP contribution in [-0.2, 0) is 6.61 Å². The van der Waals surface area contributed by atoms with Gasteiger partial charge in [0, 0.05) is 16.7 Å². The second-order valence-corrected chi connectivity index (χ2v) is 3.60. The molecule has 0 N–H and O–H groups in total. The molecule has 2 rings (SSSR count). The van der Waals surface area contributed by atoms with Gasteiger partial charge in [-0.2, -0.15) is 0 Å². The molecule has 2 heterocycles. The first-order valence-electron chi connectivity index (χ1n) is 4.11. The van der Waals surface area contributed by atoms with Crippen molar-refractivity contribution in [2.75, 3.05) is 0 Å². The summed E-state index contributed by atoms with van der Waals surface area (Å²) >= 11 is 3.30. The van der Waals surface area contributed by atoms with Crippen LogP contribution < -0.4 is 4.74 Å². The first-order chi connectivity index (χ1) is 6.84. The molecule has 3 nitrogen and oxygen atoms in total. The fourth-order valence-electron chi connectivity index (χ4n) is 0.987. The maximum absolute atomic E-state index is 5.38. The van der Waals surface area contributed by atoms with E-state index in [1.54, 1.807) is 18.5 Å². The van der Waals surface area contributed by atoms with Gasteiger partial charge < -0.3 is 9.15 Å². The lowest BCUT2D eigenvalue weighted by atomic mass is 10.5. The predicted octanol–water partition coefficient (Wildman–Crippen LogP) is 3.02. The van der Waals surface area contributed by atoms with Crippen LogP contribution in [0, 0.1) is 0 Å². The molecule has 0 saturated heterocycles. The van der Waals surface area contributed by atoms with E-state index in [0.717, 1.165) is 10.2 Å². The smallest absolute Gasteiger partial charge is 0.213 e. The number of furan rings is 1. The minimum Gasteiger partial charge on any atom is -0.469 e. The number of hydrogen-bond acceptors (Lipinski definition) is 3. The minimum absolute atomic E-state index is 0.404. The molecule has 4 heteroatoms. The van der Waals surface area contributed by atoms with Gasteiger partial charge in [0.2, 0.25) is 5.88 Å². The van der Waals surface area contributed by atoms with Gasteiger partial charge in [-0.3, -0.25) is 0 Å². The van der Waals surface area contributed by atoms with Crippen molar-refractivity contribution in [2.45, 2.75) is 6.61 Å². The van der Waals surface area contributed by atoms with Crippen LogP contribution in [0.4, 0.5) is 0 Å². The Bertz CT molecular complexity index is 383. The molecule has 0 fully saturated rings. The van der Waals surface area contributed by atoms with Crippen molar-refractivity contribution in [1.29, 1.82) is 0 Å². The molecule has 0 aliphatic rings. The van der Waals surface area contributed by atoms with E-state index in [0.29, 0.717) is 12.5 Å². The number of nitrogens with zero attached hydrogens (tertiary/aromatic N) is 1. The highest BCUT2D eigenvalue weighted by atomic mass is 79.9. The average molecular weight is 254 g/mol. The molecular formula is C10H8BrNO2. The van der Waals surface area contributed by atoms with Crippen LogP contribution in [0.3, 0.4) is 0 Å².